The molecule has 0 aliphatic rings. The minimum absolute atomic E-state index is 0.0757. The largest absolute Gasteiger partial charge is 0.456 e. The van der Waals surface area contributed by atoms with E-state index in [0.717, 1.165) is 10.9 Å². The van der Waals surface area contributed by atoms with Crippen LogP contribution < -0.4 is 9.46 Å². The zero-order valence-electron chi connectivity index (χ0n) is 16.1. The molecule has 0 atom stereocenters. The van der Waals surface area contributed by atoms with Crippen LogP contribution in [0.2, 0.25) is 5.02 Å². The Balaban J connectivity index is 1.45. The molecule has 154 valence electrons. The number of hydrogen-bond acceptors (Lipinski definition) is 5. The maximum atomic E-state index is 12.6. The van der Waals surface area contributed by atoms with E-state index in [4.69, 9.17) is 21.6 Å². The van der Waals surface area contributed by atoms with Gasteiger partial charge in [-0.1, -0.05) is 35.9 Å². The molecule has 0 unspecified atom stereocenters. The quantitative estimate of drug-likeness (QED) is 0.445. The predicted molar refractivity (Wildman–Crippen MR) is 118 cm³/mol. The van der Waals surface area contributed by atoms with Gasteiger partial charge in [-0.3, -0.25) is 4.98 Å². The van der Waals surface area contributed by atoms with Gasteiger partial charge in [0.2, 0.25) is 10.0 Å². The number of sulfonamides is 1. The molecule has 1 N–H and O–H groups in total. The highest BCUT2D eigenvalue weighted by Gasteiger charge is 2.15. The lowest BCUT2D eigenvalue weighted by atomic mass is 10.2. The van der Waals surface area contributed by atoms with Gasteiger partial charge in [0.1, 0.15) is 11.5 Å². The molecule has 1 aromatic heterocycles. The third kappa shape index (κ3) is 4.84. The van der Waals surface area contributed by atoms with E-state index in [2.05, 4.69) is 9.71 Å². The summed E-state index contributed by atoms with van der Waals surface area (Å²) in [5.74, 6) is 0.790. The van der Waals surface area contributed by atoms with Crippen LogP contribution >= 0.6 is 11.6 Å². The van der Waals surface area contributed by atoms with E-state index in [1.807, 2.05) is 36.4 Å². The minimum atomic E-state index is -3.73. The summed E-state index contributed by atoms with van der Waals surface area (Å²) in [4.78, 5) is 4.58. The van der Waals surface area contributed by atoms with E-state index >= 15 is 0 Å². The summed E-state index contributed by atoms with van der Waals surface area (Å²) in [7, 11) is -3.73. The summed E-state index contributed by atoms with van der Waals surface area (Å²) in [6.07, 6.45) is 0. The number of rotatable bonds is 6. The third-order valence-electron chi connectivity index (χ3n) is 4.52. The van der Waals surface area contributed by atoms with Gasteiger partial charge in [0.05, 0.1) is 39.3 Å². The molecular weight excluding hydrogens is 434 g/mol. The fourth-order valence-corrected chi connectivity index (χ4v) is 4.14. The first-order chi connectivity index (χ1) is 14.9. The summed E-state index contributed by atoms with van der Waals surface area (Å²) in [5.41, 5.74) is 1.85. The van der Waals surface area contributed by atoms with Gasteiger partial charge in [0.15, 0.2) is 0 Å². The van der Waals surface area contributed by atoms with Crippen LogP contribution in [-0.4, -0.2) is 13.4 Å². The molecule has 0 saturated carbocycles. The maximum absolute atomic E-state index is 12.6. The number of benzene rings is 3. The Hall–Kier alpha value is -3.44. The number of aromatic nitrogens is 1. The van der Waals surface area contributed by atoms with Crippen LogP contribution in [0.1, 0.15) is 11.3 Å². The Morgan fingerprint density at radius 2 is 1.77 bits per heavy atom. The molecule has 0 radical (unpaired) electrons. The molecule has 0 saturated heterocycles. The maximum Gasteiger partial charge on any atom is 0.240 e. The molecular formula is C23H16ClN3O3S. The summed E-state index contributed by atoms with van der Waals surface area (Å²) < 4.78 is 33.5. The van der Waals surface area contributed by atoms with Gasteiger partial charge >= 0.3 is 0 Å². The van der Waals surface area contributed by atoms with E-state index in [9.17, 15) is 8.42 Å². The van der Waals surface area contributed by atoms with Gasteiger partial charge < -0.3 is 4.74 Å². The standard InChI is InChI=1S/C23H16ClN3O3S/c24-21-13-16(14-25)5-12-23(21)30-19-8-10-20(11-9-19)31(28,29)26-15-18-7-6-17-3-1-2-4-22(17)27-18/h1-13,26H,15H2. The molecule has 0 spiro atoms. The second kappa shape index (κ2) is 8.74. The lowest BCUT2D eigenvalue weighted by Gasteiger charge is -2.10. The predicted octanol–water partition coefficient (Wildman–Crippen LogP) is 5.03. The number of para-hydroxylation sites is 1. The molecule has 0 aliphatic heterocycles. The molecule has 1 heterocycles. The van der Waals surface area contributed by atoms with Crippen LogP contribution in [-0.2, 0) is 16.6 Å². The first-order valence-electron chi connectivity index (χ1n) is 9.26. The second-order valence-corrected chi connectivity index (χ2v) is 8.82. The van der Waals surface area contributed by atoms with Gasteiger partial charge in [-0.2, -0.15) is 5.26 Å². The van der Waals surface area contributed by atoms with Crippen LogP contribution in [0.5, 0.6) is 11.5 Å². The zero-order chi connectivity index (χ0) is 21.8. The number of nitriles is 1. The first-order valence-corrected chi connectivity index (χ1v) is 11.1. The van der Waals surface area contributed by atoms with Crippen LogP contribution in [0.3, 0.4) is 0 Å². The van der Waals surface area contributed by atoms with Gasteiger partial charge in [0.25, 0.3) is 0 Å². The van der Waals surface area contributed by atoms with Gasteiger partial charge in [-0.15, -0.1) is 0 Å². The van der Waals surface area contributed by atoms with E-state index in [0.29, 0.717) is 27.8 Å². The number of nitrogens with one attached hydrogen (secondary N) is 1. The molecule has 31 heavy (non-hydrogen) atoms. The van der Waals surface area contributed by atoms with Gasteiger partial charge in [-0.25, -0.2) is 13.1 Å². The lowest BCUT2D eigenvalue weighted by Crippen LogP contribution is -2.23. The van der Waals surface area contributed by atoms with Crippen LogP contribution in [0.4, 0.5) is 0 Å². The monoisotopic (exact) mass is 449 g/mol. The third-order valence-corrected chi connectivity index (χ3v) is 6.23. The van der Waals surface area contributed by atoms with Crippen molar-refractivity contribution in [2.45, 2.75) is 11.4 Å². The normalized spacial score (nSPS) is 11.2. The van der Waals surface area contributed by atoms with E-state index in [1.165, 1.54) is 30.3 Å². The van der Waals surface area contributed by atoms with Crippen LogP contribution in [0.25, 0.3) is 10.9 Å². The zero-order valence-corrected chi connectivity index (χ0v) is 17.7. The highest BCUT2D eigenvalue weighted by atomic mass is 35.5. The summed E-state index contributed by atoms with van der Waals surface area (Å²) in [5, 5.41) is 10.2. The first kappa shape index (κ1) is 20.8. The molecule has 0 amide bonds. The Morgan fingerprint density at radius 1 is 1.00 bits per heavy atom. The summed E-state index contributed by atoms with van der Waals surface area (Å²) in [6, 6.07) is 24.0. The number of halogens is 1. The Morgan fingerprint density at radius 3 is 2.52 bits per heavy atom. The molecule has 0 aliphatic carbocycles. The SMILES string of the molecule is N#Cc1ccc(Oc2ccc(S(=O)(=O)NCc3ccc4ccccc4n3)cc2)c(Cl)c1. The molecule has 8 heteroatoms. The van der Waals surface area contributed by atoms with Crippen molar-refractivity contribution in [2.75, 3.05) is 0 Å². The van der Waals surface area contributed by atoms with Crippen molar-refractivity contribution in [3.8, 4) is 17.6 Å². The number of pyridine rings is 1. The number of ether oxygens (including phenoxy) is 1. The van der Waals surface area contributed by atoms with Crippen LogP contribution in [0, 0.1) is 11.3 Å². The highest BCUT2D eigenvalue weighted by Crippen LogP contribution is 2.30. The Labute approximate surface area is 184 Å². The van der Waals surface area contributed by atoms with Gasteiger partial charge in [0, 0.05) is 5.39 Å². The van der Waals surface area contributed by atoms with Gasteiger partial charge in [-0.05, 0) is 54.6 Å². The van der Waals surface area contributed by atoms with Crippen molar-refractivity contribution in [1.29, 1.82) is 5.26 Å². The molecule has 6 nitrogen and oxygen atoms in total. The number of hydrogen-bond donors (Lipinski definition) is 1. The van der Waals surface area contributed by atoms with E-state index in [1.54, 1.807) is 18.2 Å². The number of fused-ring (bicyclic) bond motifs is 1. The van der Waals surface area contributed by atoms with E-state index < -0.39 is 10.0 Å². The molecule has 4 aromatic rings. The highest BCUT2D eigenvalue weighted by molar-refractivity contribution is 7.89. The van der Waals surface area contributed by atoms with Crippen molar-refractivity contribution in [1.82, 2.24) is 9.71 Å². The summed E-state index contributed by atoms with van der Waals surface area (Å²) >= 11 is 6.11. The molecule has 4 rings (SSSR count). The second-order valence-electron chi connectivity index (χ2n) is 6.65. The molecule has 0 fully saturated rings. The molecule has 0 bridgehead atoms. The Kier molecular flexibility index (Phi) is 5.87. The average molecular weight is 450 g/mol. The van der Waals surface area contributed by atoms with Crippen molar-refractivity contribution < 1.29 is 13.2 Å². The topological polar surface area (TPSA) is 92.1 Å². The molecule has 3 aromatic carbocycles. The van der Waals surface area contributed by atoms with Crippen LogP contribution in [0.15, 0.2) is 83.8 Å². The van der Waals surface area contributed by atoms with Crippen molar-refractivity contribution in [3.63, 3.8) is 0 Å². The minimum Gasteiger partial charge on any atom is -0.456 e. The number of nitrogens with zero attached hydrogens (tertiary/aromatic N) is 2. The van der Waals surface area contributed by atoms with Crippen molar-refractivity contribution in [2.24, 2.45) is 0 Å². The van der Waals surface area contributed by atoms with E-state index in [-0.39, 0.29) is 11.4 Å². The fraction of sp³-hybridized carbons (Fsp3) is 0.0435. The fourth-order valence-electron chi connectivity index (χ4n) is 2.93. The van der Waals surface area contributed by atoms with Crippen molar-refractivity contribution >= 4 is 32.5 Å². The smallest absolute Gasteiger partial charge is 0.240 e. The average Bonchev–Trinajstić information content (AvgIpc) is 2.79. The lowest BCUT2D eigenvalue weighted by molar-refractivity contribution is 0.482. The Bertz CT molecular complexity index is 1400. The summed E-state index contributed by atoms with van der Waals surface area (Å²) in [6.45, 7) is 0.0757. The van der Waals surface area contributed by atoms with Crippen molar-refractivity contribution in [3.05, 3.63) is 95.1 Å².